The van der Waals surface area contributed by atoms with Crippen molar-refractivity contribution in [1.29, 1.82) is 0 Å². The second kappa shape index (κ2) is 16.4. The molecule has 2 aromatic rings. The Kier molecular flexibility index (Phi) is 12.4. The van der Waals surface area contributed by atoms with Crippen molar-refractivity contribution in [3.8, 4) is 5.75 Å². The van der Waals surface area contributed by atoms with Gasteiger partial charge in [0.05, 0.1) is 12.6 Å². The van der Waals surface area contributed by atoms with Gasteiger partial charge < -0.3 is 25.1 Å². The molecule has 2 aliphatic rings. The Bertz CT molecular complexity index is 1230. The van der Waals surface area contributed by atoms with Crippen LogP contribution in [0, 0.1) is 5.92 Å². The third kappa shape index (κ3) is 9.94. The van der Waals surface area contributed by atoms with E-state index < -0.39 is 17.3 Å². The van der Waals surface area contributed by atoms with Crippen LogP contribution in [0.1, 0.15) is 62.5 Å². The molecule has 226 valence electrons. The number of aldehydes is 1. The van der Waals surface area contributed by atoms with Gasteiger partial charge in [-0.15, -0.1) is 0 Å². The number of nitrogens with zero attached hydrogens (tertiary/aromatic N) is 1. The van der Waals surface area contributed by atoms with Crippen molar-refractivity contribution in [1.82, 2.24) is 20.3 Å². The van der Waals surface area contributed by atoms with Crippen molar-refractivity contribution in [3.05, 3.63) is 64.7 Å². The number of carbonyl (C=O) groups is 4. The number of ether oxygens (including phenoxy) is 1. The fourth-order valence-corrected chi connectivity index (χ4v) is 6.43. The first kappa shape index (κ1) is 31.7. The summed E-state index contributed by atoms with van der Waals surface area (Å²) < 4.78 is 8.50. The summed E-state index contributed by atoms with van der Waals surface area (Å²) in [5.41, 5.74) is 1.80. The molecule has 11 heteroatoms. The van der Waals surface area contributed by atoms with Crippen LogP contribution in [-0.4, -0.2) is 53.5 Å². The SMILES string of the molecule is O=C[C@H](CCC(=O)N1CCOc2ccccc2C1)NC(=O)[C@H](CC1CCCCC1)SNC(=O)NCc1cccc(Cl)c1. The van der Waals surface area contributed by atoms with E-state index in [1.165, 1.54) is 6.42 Å². The van der Waals surface area contributed by atoms with E-state index in [-0.39, 0.29) is 24.7 Å². The maximum atomic E-state index is 13.4. The van der Waals surface area contributed by atoms with Crippen molar-refractivity contribution in [2.75, 3.05) is 13.2 Å². The number of urea groups is 1. The van der Waals surface area contributed by atoms with Crippen molar-refractivity contribution >= 4 is 47.7 Å². The molecule has 0 aromatic heterocycles. The lowest BCUT2D eigenvalue weighted by Gasteiger charge is -2.26. The molecule has 0 saturated heterocycles. The van der Waals surface area contributed by atoms with Gasteiger partial charge in [0.2, 0.25) is 11.8 Å². The van der Waals surface area contributed by atoms with Gasteiger partial charge >= 0.3 is 6.03 Å². The van der Waals surface area contributed by atoms with Crippen LogP contribution in [0.25, 0.3) is 0 Å². The molecular formula is C31H39ClN4O5S. The molecule has 0 radical (unpaired) electrons. The number of benzene rings is 2. The highest BCUT2D eigenvalue weighted by Gasteiger charge is 2.28. The summed E-state index contributed by atoms with van der Waals surface area (Å²) in [5, 5.41) is 5.62. The number of nitrogens with one attached hydrogen (secondary N) is 3. The summed E-state index contributed by atoms with van der Waals surface area (Å²) in [5.74, 6) is 0.742. The Morgan fingerprint density at radius 3 is 2.69 bits per heavy atom. The lowest BCUT2D eigenvalue weighted by atomic mass is 9.86. The lowest BCUT2D eigenvalue weighted by Crippen LogP contribution is -2.44. The number of halogens is 1. The van der Waals surface area contributed by atoms with Gasteiger partial charge in [0.25, 0.3) is 0 Å². The van der Waals surface area contributed by atoms with Crippen LogP contribution in [-0.2, 0) is 27.5 Å². The number of para-hydroxylation sites is 1. The van der Waals surface area contributed by atoms with Gasteiger partial charge in [0, 0.05) is 30.1 Å². The van der Waals surface area contributed by atoms with Crippen molar-refractivity contribution < 1.29 is 23.9 Å². The molecule has 3 N–H and O–H groups in total. The highest BCUT2D eigenvalue weighted by molar-refractivity contribution is 7.99. The first-order valence-electron chi connectivity index (χ1n) is 14.6. The summed E-state index contributed by atoms with van der Waals surface area (Å²) in [6.07, 6.45) is 7.13. The van der Waals surface area contributed by atoms with E-state index in [1.807, 2.05) is 36.4 Å². The Morgan fingerprint density at radius 1 is 1.10 bits per heavy atom. The van der Waals surface area contributed by atoms with Crippen LogP contribution in [0.4, 0.5) is 4.79 Å². The first-order valence-corrected chi connectivity index (χ1v) is 15.8. The van der Waals surface area contributed by atoms with Crippen molar-refractivity contribution in [2.24, 2.45) is 5.92 Å². The Morgan fingerprint density at radius 2 is 1.90 bits per heavy atom. The molecule has 1 saturated carbocycles. The van der Waals surface area contributed by atoms with E-state index in [0.29, 0.717) is 49.9 Å². The lowest BCUT2D eigenvalue weighted by molar-refractivity contribution is -0.132. The normalized spacial score (nSPS) is 16.6. The maximum absolute atomic E-state index is 13.4. The number of hydrogen-bond donors (Lipinski definition) is 3. The van der Waals surface area contributed by atoms with Gasteiger partial charge in [0.1, 0.15) is 23.9 Å². The minimum absolute atomic E-state index is 0.0948. The minimum atomic E-state index is -0.803. The molecule has 9 nitrogen and oxygen atoms in total. The van der Waals surface area contributed by atoms with Crippen LogP contribution < -0.4 is 20.1 Å². The molecule has 2 atom stereocenters. The zero-order chi connectivity index (χ0) is 29.7. The zero-order valence-electron chi connectivity index (χ0n) is 23.7. The van der Waals surface area contributed by atoms with Gasteiger partial charge in [-0.25, -0.2) is 4.79 Å². The van der Waals surface area contributed by atoms with Crippen LogP contribution in [0.5, 0.6) is 5.75 Å². The smallest absolute Gasteiger partial charge is 0.325 e. The molecule has 1 aliphatic heterocycles. The predicted octanol–water partition coefficient (Wildman–Crippen LogP) is 5.01. The summed E-state index contributed by atoms with van der Waals surface area (Å²) >= 11 is 7.08. The highest BCUT2D eigenvalue weighted by atomic mass is 35.5. The predicted molar refractivity (Wildman–Crippen MR) is 164 cm³/mol. The molecule has 4 rings (SSSR count). The second-order valence-corrected chi connectivity index (χ2v) is 12.3. The van der Waals surface area contributed by atoms with E-state index in [9.17, 15) is 19.2 Å². The van der Waals surface area contributed by atoms with E-state index >= 15 is 0 Å². The largest absolute Gasteiger partial charge is 0.491 e. The van der Waals surface area contributed by atoms with Crippen LogP contribution in [0.2, 0.25) is 5.02 Å². The summed E-state index contributed by atoms with van der Waals surface area (Å²) in [7, 11) is 0. The molecule has 0 bridgehead atoms. The molecule has 0 unspecified atom stereocenters. The molecule has 0 spiro atoms. The second-order valence-electron chi connectivity index (χ2n) is 10.8. The first-order chi connectivity index (χ1) is 20.4. The average Bonchev–Trinajstić information content (AvgIpc) is 3.23. The summed E-state index contributed by atoms with van der Waals surface area (Å²) in [4.78, 5) is 52.5. The van der Waals surface area contributed by atoms with Gasteiger partial charge in [-0.05, 0) is 54.5 Å². The molecular weight excluding hydrogens is 576 g/mol. The summed E-state index contributed by atoms with van der Waals surface area (Å²) in [6.45, 7) is 1.59. The van der Waals surface area contributed by atoms with Crippen molar-refractivity contribution in [3.63, 3.8) is 0 Å². The van der Waals surface area contributed by atoms with Gasteiger partial charge in [0.15, 0.2) is 0 Å². The number of hydrogen-bond acceptors (Lipinski definition) is 6. The highest BCUT2D eigenvalue weighted by Crippen LogP contribution is 2.30. The quantitative estimate of drug-likeness (QED) is 0.229. The van der Waals surface area contributed by atoms with Gasteiger partial charge in [-0.1, -0.05) is 74.0 Å². The fraction of sp³-hybridized carbons (Fsp3) is 0.484. The van der Waals surface area contributed by atoms with Gasteiger partial charge in [-0.3, -0.25) is 14.3 Å². The maximum Gasteiger partial charge on any atom is 0.325 e. The Labute approximate surface area is 256 Å². The average molecular weight is 615 g/mol. The van der Waals surface area contributed by atoms with Crippen LogP contribution >= 0.6 is 23.5 Å². The molecule has 2 aromatic carbocycles. The fourth-order valence-electron chi connectivity index (χ4n) is 5.35. The zero-order valence-corrected chi connectivity index (χ0v) is 25.3. The third-order valence-electron chi connectivity index (χ3n) is 7.67. The third-order valence-corrected chi connectivity index (χ3v) is 8.90. The Balaban J connectivity index is 1.29. The topological polar surface area (TPSA) is 117 Å². The molecule has 1 aliphatic carbocycles. The number of rotatable bonds is 12. The van der Waals surface area contributed by atoms with E-state index in [0.717, 1.165) is 54.5 Å². The molecule has 1 heterocycles. The van der Waals surface area contributed by atoms with Gasteiger partial charge in [-0.2, -0.15) is 0 Å². The number of amides is 4. The number of carbonyl (C=O) groups excluding carboxylic acids is 4. The summed E-state index contributed by atoms with van der Waals surface area (Å²) in [6, 6.07) is 13.6. The molecule has 1 fully saturated rings. The van der Waals surface area contributed by atoms with E-state index in [2.05, 4.69) is 15.4 Å². The van der Waals surface area contributed by atoms with E-state index in [4.69, 9.17) is 16.3 Å². The number of fused-ring (bicyclic) bond motifs is 1. The monoisotopic (exact) mass is 614 g/mol. The minimum Gasteiger partial charge on any atom is -0.491 e. The van der Waals surface area contributed by atoms with Crippen LogP contribution in [0.15, 0.2) is 48.5 Å². The van der Waals surface area contributed by atoms with Crippen molar-refractivity contribution in [2.45, 2.75) is 75.7 Å². The molecule has 4 amide bonds. The van der Waals surface area contributed by atoms with E-state index in [1.54, 1.807) is 17.0 Å². The van der Waals surface area contributed by atoms with Crippen LogP contribution in [0.3, 0.4) is 0 Å². The standard InChI is InChI=1S/C31H39ClN4O5S/c32-25-11-6-9-23(17-25)19-33-31(40)35-42-28(18-22-7-2-1-3-8-22)30(39)34-26(21-37)13-14-29(38)36-15-16-41-27-12-5-4-10-24(27)20-36/h4-6,9-12,17,21-22,26,28H,1-3,7-8,13-16,18-20H2,(H,34,39)(H2,33,35,40)/t26-,28-/m0/s1. The molecule has 42 heavy (non-hydrogen) atoms. The Hall–Kier alpha value is -3.24.